The van der Waals surface area contributed by atoms with Crippen molar-refractivity contribution in [2.75, 3.05) is 11.9 Å². The van der Waals surface area contributed by atoms with Crippen molar-refractivity contribution in [2.45, 2.75) is 6.54 Å². The molecular formula is C13H13IN2O3. The maximum Gasteiger partial charge on any atom is 0.255 e. The van der Waals surface area contributed by atoms with Crippen molar-refractivity contribution in [2.24, 2.45) is 5.73 Å². The Morgan fingerprint density at radius 3 is 2.89 bits per heavy atom. The number of nitrogens with one attached hydrogen (secondary N) is 1. The Morgan fingerprint density at radius 1 is 1.37 bits per heavy atom. The Morgan fingerprint density at radius 2 is 2.21 bits per heavy atom. The zero-order chi connectivity index (χ0) is 13.7. The minimum atomic E-state index is -0.497. The van der Waals surface area contributed by atoms with E-state index in [1.165, 1.54) is 0 Å². The molecule has 5 nitrogen and oxygen atoms in total. The first kappa shape index (κ1) is 13.7. The maximum absolute atomic E-state index is 10.6. The number of amides is 1. The SMILES string of the molecule is NC(=O)COc1cccc(NCc2ccc(I)o2)c1. The number of halogens is 1. The van der Waals surface area contributed by atoms with Gasteiger partial charge in [0, 0.05) is 11.8 Å². The number of anilines is 1. The van der Waals surface area contributed by atoms with Crippen LogP contribution in [0, 0.1) is 3.77 Å². The number of furan rings is 1. The first-order valence-corrected chi connectivity index (χ1v) is 6.70. The van der Waals surface area contributed by atoms with E-state index in [-0.39, 0.29) is 6.61 Å². The van der Waals surface area contributed by atoms with Crippen molar-refractivity contribution in [3.8, 4) is 5.75 Å². The molecule has 0 fully saturated rings. The molecule has 0 atom stereocenters. The molecule has 3 N–H and O–H groups in total. The van der Waals surface area contributed by atoms with Crippen molar-refractivity contribution in [3.63, 3.8) is 0 Å². The van der Waals surface area contributed by atoms with Gasteiger partial charge in [-0.1, -0.05) is 6.07 Å². The number of hydrogen-bond donors (Lipinski definition) is 2. The lowest BCUT2D eigenvalue weighted by Crippen LogP contribution is -2.20. The molecule has 0 unspecified atom stereocenters. The lowest BCUT2D eigenvalue weighted by molar-refractivity contribution is -0.119. The van der Waals surface area contributed by atoms with Crippen molar-refractivity contribution in [1.82, 2.24) is 0 Å². The molecule has 0 saturated carbocycles. The fraction of sp³-hybridized carbons (Fsp3) is 0.154. The monoisotopic (exact) mass is 372 g/mol. The highest BCUT2D eigenvalue weighted by Gasteiger charge is 2.01. The summed E-state index contributed by atoms with van der Waals surface area (Å²) in [4.78, 5) is 10.6. The van der Waals surface area contributed by atoms with Crippen molar-refractivity contribution >= 4 is 34.2 Å². The number of rotatable bonds is 6. The van der Waals surface area contributed by atoms with Crippen molar-refractivity contribution in [3.05, 3.63) is 45.9 Å². The number of hydrogen-bond acceptors (Lipinski definition) is 4. The Kier molecular flexibility index (Phi) is 4.67. The van der Waals surface area contributed by atoms with E-state index in [0.717, 1.165) is 15.2 Å². The lowest BCUT2D eigenvalue weighted by atomic mass is 10.3. The number of nitrogens with two attached hydrogens (primary N) is 1. The summed E-state index contributed by atoms with van der Waals surface area (Å²) in [7, 11) is 0. The van der Waals surface area contributed by atoms with Gasteiger partial charge in [-0.3, -0.25) is 4.79 Å². The minimum Gasteiger partial charge on any atom is -0.484 e. The first-order valence-electron chi connectivity index (χ1n) is 5.63. The summed E-state index contributed by atoms with van der Waals surface area (Å²) in [5.74, 6) is 0.953. The molecule has 0 radical (unpaired) electrons. The molecule has 0 aliphatic carbocycles. The summed E-state index contributed by atoms with van der Waals surface area (Å²) in [6, 6.07) is 11.1. The Bertz CT molecular complexity index is 569. The third-order valence-corrected chi connectivity index (χ3v) is 2.89. The van der Waals surface area contributed by atoms with Crippen LogP contribution in [0.5, 0.6) is 5.75 Å². The fourth-order valence-electron chi connectivity index (χ4n) is 1.49. The zero-order valence-corrected chi connectivity index (χ0v) is 12.2. The predicted molar refractivity (Wildman–Crippen MR) is 79.9 cm³/mol. The van der Waals surface area contributed by atoms with E-state index in [0.29, 0.717) is 12.3 Å². The zero-order valence-electron chi connectivity index (χ0n) is 10.1. The van der Waals surface area contributed by atoms with Gasteiger partial charge in [0.25, 0.3) is 5.91 Å². The number of benzene rings is 1. The Labute approximate surface area is 124 Å². The van der Waals surface area contributed by atoms with E-state index in [2.05, 4.69) is 27.9 Å². The van der Waals surface area contributed by atoms with Crippen LogP contribution in [0.15, 0.2) is 40.8 Å². The molecule has 6 heteroatoms. The second-order valence-electron chi connectivity index (χ2n) is 3.84. The van der Waals surface area contributed by atoms with Crippen LogP contribution in [0.25, 0.3) is 0 Å². The van der Waals surface area contributed by atoms with Crippen molar-refractivity contribution in [1.29, 1.82) is 0 Å². The van der Waals surface area contributed by atoms with Crippen LogP contribution in [0.2, 0.25) is 0 Å². The number of carbonyl (C=O) groups excluding carboxylic acids is 1. The highest BCUT2D eigenvalue weighted by molar-refractivity contribution is 14.1. The third kappa shape index (κ3) is 4.47. The number of carbonyl (C=O) groups is 1. The average molecular weight is 372 g/mol. The van der Waals surface area contributed by atoms with E-state index in [1.807, 2.05) is 24.3 Å². The molecule has 2 aromatic rings. The van der Waals surface area contributed by atoms with Crippen LogP contribution in [-0.4, -0.2) is 12.5 Å². The van der Waals surface area contributed by atoms with Crippen LogP contribution in [0.1, 0.15) is 5.76 Å². The standard InChI is InChI=1S/C13H13IN2O3/c14-12-5-4-11(19-12)7-16-9-2-1-3-10(6-9)18-8-13(15)17/h1-6,16H,7-8H2,(H2,15,17). The molecule has 2 rings (SSSR count). The van der Waals surface area contributed by atoms with Crippen LogP contribution in [0.3, 0.4) is 0 Å². The van der Waals surface area contributed by atoms with Crippen LogP contribution in [-0.2, 0) is 11.3 Å². The number of primary amides is 1. The van der Waals surface area contributed by atoms with Crippen LogP contribution in [0.4, 0.5) is 5.69 Å². The molecule has 1 aromatic heterocycles. The second-order valence-corrected chi connectivity index (χ2v) is 4.91. The van der Waals surface area contributed by atoms with Crippen molar-refractivity contribution < 1.29 is 13.9 Å². The smallest absolute Gasteiger partial charge is 0.255 e. The summed E-state index contributed by atoms with van der Waals surface area (Å²) in [6.07, 6.45) is 0. The highest BCUT2D eigenvalue weighted by Crippen LogP contribution is 2.18. The van der Waals surface area contributed by atoms with Gasteiger partial charge in [-0.2, -0.15) is 0 Å². The predicted octanol–water partition coefficient (Wildman–Crippen LogP) is 2.36. The molecule has 0 saturated heterocycles. The molecule has 19 heavy (non-hydrogen) atoms. The average Bonchev–Trinajstić information content (AvgIpc) is 2.80. The minimum absolute atomic E-state index is 0.125. The molecule has 100 valence electrons. The van der Waals surface area contributed by atoms with Crippen LogP contribution < -0.4 is 15.8 Å². The van der Waals surface area contributed by atoms with E-state index in [9.17, 15) is 4.79 Å². The van der Waals surface area contributed by atoms with Gasteiger partial charge >= 0.3 is 0 Å². The van der Waals surface area contributed by atoms with E-state index in [1.54, 1.807) is 12.1 Å². The molecule has 0 aliphatic rings. The summed E-state index contributed by atoms with van der Waals surface area (Å²) in [6.45, 7) is 0.460. The topological polar surface area (TPSA) is 77.5 Å². The molecule has 1 heterocycles. The number of ether oxygens (including phenoxy) is 1. The van der Waals surface area contributed by atoms with E-state index in [4.69, 9.17) is 14.9 Å². The van der Waals surface area contributed by atoms with Gasteiger partial charge in [-0.25, -0.2) is 0 Å². The second kappa shape index (κ2) is 6.46. The molecule has 0 spiro atoms. The Balaban J connectivity index is 1.93. The van der Waals surface area contributed by atoms with E-state index >= 15 is 0 Å². The van der Waals surface area contributed by atoms with Gasteiger partial charge in [0.2, 0.25) is 0 Å². The van der Waals surface area contributed by atoms with E-state index < -0.39 is 5.91 Å². The highest BCUT2D eigenvalue weighted by atomic mass is 127. The first-order chi connectivity index (χ1) is 9.13. The van der Waals surface area contributed by atoms with Gasteiger partial charge in [0.05, 0.1) is 6.54 Å². The molecule has 1 aromatic carbocycles. The molecular weight excluding hydrogens is 359 g/mol. The normalized spacial score (nSPS) is 10.2. The van der Waals surface area contributed by atoms with Gasteiger partial charge in [-0.15, -0.1) is 0 Å². The largest absolute Gasteiger partial charge is 0.484 e. The van der Waals surface area contributed by atoms with Gasteiger partial charge in [0.1, 0.15) is 11.5 Å². The maximum atomic E-state index is 10.6. The molecule has 0 aliphatic heterocycles. The summed E-state index contributed by atoms with van der Waals surface area (Å²) in [5, 5.41) is 3.21. The Hall–Kier alpha value is -1.70. The quantitative estimate of drug-likeness (QED) is 0.764. The van der Waals surface area contributed by atoms with Gasteiger partial charge in [-0.05, 0) is 46.9 Å². The lowest BCUT2D eigenvalue weighted by Gasteiger charge is -2.07. The third-order valence-electron chi connectivity index (χ3n) is 2.31. The summed E-state index contributed by atoms with van der Waals surface area (Å²) in [5.41, 5.74) is 5.91. The summed E-state index contributed by atoms with van der Waals surface area (Å²) < 4.78 is 11.5. The fourth-order valence-corrected chi connectivity index (χ4v) is 1.95. The summed E-state index contributed by atoms with van der Waals surface area (Å²) >= 11 is 2.12. The van der Waals surface area contributed by atoms with Gasteiger partial charge < -0.3 is 20.2 Å². The molecule has 1 amide bonds. The molecule has 0 bridgehead atoms. The van der Waals surface area contributed by atoms with Crippen LogP contribution >= 0.6 is 22.6 Å². The van der Waals surface area contributed by atoms with Gasteiger partial charge in [0.15, 0.2) is 10.4 Å².